The van der Waals surface area contributed by atoms with Gasteiger partial charge in [0.1, 0.15) is 0 Å². The maximum absolute atomic E-state index is 11.3. The topological polar surface area (TPSA) is 30.0 Å². The molecule has 152 valence electrons. The van der Waals surface area contributed by atoms with Gasteiger partial charge < -0.3 is 14.7 Å². The molecule has 4 rings (SSSR count). The Morgan fingerprint density at radius 2 is 1.62 bits per heavy atom. The van der Waals surface area contributed by atoms with Crippen molar-refractivity contribution in [1.82, 2.24) is 19.6 Å². The zero-order valence-corrected chi connectivity index (χ0v) is 18.1. The van der Waals surface area contributed by atoms with Gasteiger partial charge in [-0.2, -0.15) is 0 Å². The lowest BCUT2D eigenvalue weighted by Gasteiger charge is -2.56. The Bertz CT molecular complexity index is 445. The number of likely N-dealkylation sites (tertiary alicyclic amines) is 1. The first-order valence-corrected chi connectivity index (χ1v) is 10.7. The number of nitrogens with zero attached hydrogens (tertiary/aromatic N) is 4. The van der Waals surface area contributed by atoms with Gasteiger partial charge >= 0.3 is 0 Å². The zero-order chi connectivity index (χ0) is 19.4. The van der Waals surface area contributed by atoms with Crippen molar-refractivity contribution >= 4 is 6.41 Å². The molecule has 2 aliphatic heterocycles. The fourth-order valence-corrected chi connectivity index (χ4v) is 4.65. The number of hydrogen-bond donors (Lipinski definition) is 0. The van der Waals surface area contributed by atoms with Crippen LogP contribution in [0.2, 0.25) is 0 Å². The first-order valence-electron chi connectivity index (χ1n) is 10.7. The minimum Gasteiger partial charge on any atom is -0.339 e. The van der Waals surface area contributed by atoms with E-state index in [-0.39, 0.29) is 5.54 Å². The Labute approximate surface area is 161 Å². The maximum Gasteiger partial charge on any atom is 0.210 e. The van der Waals surface area contributed by atoms with Crippen LogP contribution in [0, 0.1) is 5.92 Å². The summed E-state index contributed by atoms with van der Waals surface area (Å²) in [7, 11) is 8.27. The molecule has 5 heteroatoms. The van der Waals surface area contributed by atoms with Crippen molar-refractivity contribution in [3.63, 3.8) is 0 Å². The van der Waals surface area contributed by atoms with E-state index >= 15 is 0 Å². The molecular weight excluding hydrogens is 324 g/mol. The molecule has 0 bridgehead atoms. The predicted molar refractivity (Wildman–Crippen MR) is 109 cm³/mol. The standard InChI is InChI=1S/C16H27N3O.C3H9N.C2H6/c1-17-8-9-18(10-14-2-3-14)16(12-17)6-7-19(13-20)15(11-16)4-5-15;1-4(2)3;1-2/h13-14H,2-12H2,1H3;1-3H3;1-2H3. The van der Waals surface area contributed by atoms with Gasteiger partial charge in [-0.3, -0.25) is 9.69 Å². The molecule has 2 saturated heterocycles. The van der Waals surface area contributed by atoms with Crippen LogP contribution in [0.25, 0.3) is 0 Å². The summed E-state index contributed by atoms with van der Waals surface area (Å²) in [5, 5.41) is 0. The Morgan fingerprint density at radius 1 is 1.00 bits per heavy atom. The van der Waals surface area contributed by atoms with E-state index in [0.717, 1.165) is 18.9 Å². The zero-order valence-electron chi connectivity index (χ0n) is 18.1. The van der Waals surface area contributed by atoms with Crippen molar-refractivity contribution in [3.05, 3.63) is 0 Å². The summed E-state index contributed by atoms with van der Waals surface area (Å²) in [5.74, 6) is 0.967. The van der Waals surface area contributed by atoms with Crippen LogP contribution >= 0.6 is 0 Å². The highest BCUT2D eigenvalue weighted by Crippen LogP contribution is 2.53. The number of amides is 1. The van der Waals surface area contributed by atoms with Crippen LogP contribution in [0.15, 0.2) is 0 Å². The lowest BCUT2D eigenvalue weighted by molar-refractivity contribution is -0.128. The van der Waals surface area contributed by atoms with Gasteiger partial charge in [-0.05, 0) is 72.6 Å². The lowest BCUT2D eigenvalue weighted by Crippen LogP contribution is -2.67. The minimum absolute atomic E-state index is 0.236. The number of hydrogen-bond acceptors (Lipinski definition) is 4. The van der Waals surface area contributed by atoms with Crippen LogP contribution in [0.5, 0.6) is 0 Å². The average Bonchev–Trinajstić information content (AvgIpc) is 3.51. The molecule has 2 saturated carbocycles. The SMILES string of the molecule is CC.CN(C)C.CN1CCN(CC2CC2)C2(CCN(C=O)C3(CC3)C2)C1. The van der Waals surface area contributed by atoms with Gasteiger partial charge in [0.15, 0.2) is 0 Å². The summed E-state index contributed by atoms with van der Waals surface area (Å²) in [6.07, 6.45) is 8.84. The minimum atomic E-state index is 0.236. The van der Waals surface area contributed by atoms with E-state index < -0.39 is 0 Å². The third-order valence-corrected chi connectivity index (χ3v) is 6.20. The first kappa shape index (κ1) is 21.6. The Kier molecular flexibility index (Phi) is 7.52. The predicted octanol–water partition coefficient (Wildman–Crippen LogP) is 2.37. The number of carbonyl (C=O) groups excluding carboxylic acids is 1. The van der Waals surface area contributed by atoms with E-state index in [1.54, 1.807) is 0 Å². The molecule has 0 radical (unpaired) electrons. The van der Waals surface area contributed by atoms with E-state index in [2.05, 4.69) is 21.7 Å². The van der Waals surface area contributed by atoms with E-state index in [1.165, 1.54) is 64.7 Å². The molecule has 2 aliphatic carbocycles. The summed E-state index contributed by atoms with van der Waals surface area (Å²) in [5.41, 5.74) is 0.589. The van der Waals surface area contributed by atoms with Crippen molar-refractivity contribution < 1.29 is 4.79 Å². The summed E-state index contributed by atoms with van der Waals surface area (Å²) in [6, 6.07) is 0. The van der Waals surface area contributed by atoms with Gasteiger partial charge in [0.05, 0.1) is 0 Å². The van der Waals surface area contributed by atoms with Gasteiger partial charge in [-0.25, -0.2) is 0 Å². The molecule has 2 heterocycles. The summed E-state index contributed by atoms with van der Waals surface area (Å²) < 4.78 is 0. The molecule has 0 aromatic rings. The number of piperidine rings is 1. The van der Waals surface area contributed by atoms with Crippen LogP contribution in [0.1, 0.15) is 52.4 Å². The molecule has 1 atom stereocenters. The highest BCUT2D eigenvalue weighted by Gasteiger charge is 2.58. The molecule has 0 aromatic heterocycles. The van der Waals surface area contributed by atoms with Gasteiger partial charge in [-0.1, -0.05) is 13.8 Å². The highest BCUT2D eigenvalue weighted by molar-refractivity contribution is 5.51. The monoisotopic (exact) mass is 366 g/mol. The number of rotatable bonds is 3. The molecular formula is C21H42N4O. The van der Waals surface area contributed by atoms with Crippen molar-refractivity contribution in [2.24, 2.45) is 5.92 Å². The quantitative estimate of drug-likeness (QED) is 0.718. The highest BCUT2D eigenvalue weighted by atomic mass is 16.1. The van der Waals surface area contributed by atoms with Crippen LogP contribution in [0.3, 0.4) is 0 Å². The Balaban J connectivity index is 0.000000361. The molecule has 4 aliphatic rings. The van der Waals surface area contributed by atoms with Gasteiger partial charge in [0, 0.05) is 43.8 Å². The normalized spacial score (nSPS) is 30.5. The smallest absolute Gasteiger partial charge is 0.210 e. The summed E-state index contributed by atoms with van der Waals surface area (Å²) >= 11 is 0. The van der Waals surface area contributed by atoms with Crippen molar-refractivity contribution in [2.75, 3.05) is 60.9 Å². The molecule has 2 spiro atoms. The van der Waals surface area contributed by atoms with Crippen LogP contribution < -0.4 is 0 Å². The first-order chi connectivity index (χ1) is 12.4. The number of carbonyl (C=O) groups is 1. The molecule has 4 fully saturated rings. The lowest BCUT2D eigenvalue weighted by atomic mass is 9.78. The number of likely N-dealkylation sites (N-methyl/N-ethyl adjacent to an activating group) is 1. The van der Waals surface area contributed by atoms with E-state index in [4.69, 9.17) is 0 Å². The van der Waals surface area contributed by atoms with Crippen LogP contribution in [-0.2, 0) is 4.79 Å². The van der Waals surface area contributed by atoms with Crippen molar-refractivity contribution in [1.29, 1.82) is 0 Å². The summed E-state index contributed by atoms with van der Waals surface area (Å²) in [6.45, 7) is 9.92. The second-order valence-electron chi connectivity index (χ2n) is 9.14. The van der Waals surface area contributed by atoms with Crippen LogP contribution in [-0.4, -0.2) is 98.0 Å². The average molecular weight is 367 g/mol. The molecule has 0 N–H and O–H groups in total. The van der Waals surface area contributed by atoms with Gasteiger partial charge in [0.2, 0.25) is 6.41 Å². The van der Waals surface area contributed by atoms with E-state index in [9.17, 15) is 4.79 Å². The summed E-state index contributed by atoms with van der Waals surface area (Å²) in [4.78, 5) is 20.8. The van der Waals surface area contributed by atoms with Gasteiger partial charge in [-0.15, -0.1) is 0 Å². The Hall–Kier alpha value is -0.650. The maximum atomic E-state index is 11.3. The Morgan fingerprint density at radius 3 is 2.12 bits per heavy atom. The molecule has 1 amide bonds. The molecule has 1 unspecified atom stereocenters. The fraction of sp³-hybridized carbons (Fsp3) is 0.952. The largest absolute Gasteiger partial charge is 0.339 e. The third-order valence-electron chi connectivity index (χ3n) is 6.20. The molecule has 0 aromatic carbocycles. The second-order valence-corrected chi connectivity index (χ2v) is 9.14. The van der Waals surface area contributed by atoms with E-state index in [0.29, 0.717) is 5.54 Å². The number of piperazine rings is 1. The second kappa shape index (κ2) is 9.03. The van der Waals surface area contributed by atoms with Crippen molar-refractivity contribution in [3.8, 4) is 0 Å². The third kappa shape index (κ3) is 5.20. The van der Waals surface area contributed by atoms with Crippen LogP contribution in [0.4, 0.5) is 0 Å². The van der Waals surface area contributed by atoms with E-state index in [1.807, 2.05) is 39.9 Å². The molecule has 26 heavy (non-hydrogen) atoms. The van der Waals surface area contributed by atoms with Gasteiger partial charge in [0.25, 0.3) is 0 Å². The molecule has 5 nitrogen and oxygen atoms in total. The van der Waals surface area contributed by atoms with Crippen molar-refractivity contribution in [2.45, 2.75) is 63.5 Å². The fourth-order valence-electron chi connectivity index (χ4n) is 4.65.